The number of esters is 1. The van der Waals surface area contributed by atoms with Crippen molar-refractivity contribution < 1.29 is 14.3 Å². The van der Waals surface area contributed by atoms with Gasteiger partial charge in [-0.15, -0.1) is 11.3 Å². The number of hydrogen-bond acceptors (Lipinski definition) is 5. The van der Waals surface area contributed by atoms with Crippen LogP contribution in [0.4, 0.5) is 0 Å². The molecule has 0 aliphatic rings. The van der Waals surface area contributed by atoms with E-state index in [1.807, 2.05) is 36.4 Å². The highest BCUT2D eigenvalue weighted by Gasteiger charge is 2.16. The van der Waals surface area contributed by atoms with E-state index < -0.39 is 5.97 Å². The molecule has 0 aliphatic heterocycles. The van der Waals surface area contributed by atoms with Crippen molar-refractivity contribution in [1.29, 1.82) is 0 Å². The lowest BCUT2D eigenvalue weighted by Crippen LogP contribution is -2.30. The minimum absolute atomic E-state index is 0.0654. The van der Waals surface area contributed by atoms with E-state index in [2.05, 4.69) is 23.6 Å². The Bertz CT molecular complexity index is 753. The van der Waals surface area contributed by atoms with Crippen LogP contribution < -0.4 is 0 Å². The van der Waals surface area contributed by atoms with Crippen LogP contribution in [0.2, 0.25) is 0 Å². The SMILES string of the molecule is COC(=O)c1csc(CN(CCC(C)C)C(=O)/C=C/c2ccccc2)n1. The molecule has 1 amide bonds. The first kappa shape index (κ1) is 19.8. The molecule has 1 aromatic carbocycles. The number of nitrogens with zero attached hydrogens (tertiary/aromatic N) is 2. The van der Waals surface area contributed by atoms with Gasteiger partial charge in [-0.05, 0) is 24.0 Å². The van der Waals surface area contributed by atoms with E-state index in [1.165, 1.54) is 18.4 Å². The number of carbonyl (C=O) groups excluding carboxylic acids is 2. The molecule has 0 unspecified atom stereocenters. The van der Waals surface area contributed by atoms with Crippen LogP contribution in [0.1, 0.15) is 41.3 Å². The van der Waals surface area contributed by atoms with Gasteiger partial charge in [-0.25, -0.2) is 9.78 Å². The second-order valence-electron chi connectivity index (χ2n) is 6.30. The average molecular weight is 372 g/mol. The van der Waals surface area contributed by atoms with Gasteiger partial charge in [0.2, 0.25) is 5.91 Å². The minimum Gasteiger partial charge on any atom is -0.464 e. The molecule has 0 radical (unpaired) electrons. The highest BCUT2D eigenvalue weighted by atomic mass is 32.1. The zero-order chi connectivity index (χ0) is 18.9. The maximum Gasteiger partial charge on any atom is 0.357 e. The molecule has 0 spiro atoms. The molecule has 2 rings (SSSR count). The van der Waals surface area contributed by atoms with Gasteiger partial charge in [-0.2, -0.15) is 0 Å². The van der Waals surface area contributed by atoms with Gasteiger partial charge in [0.05, 0.1) is 13.7 Å². The molecule has 0 saturated heterocycles. The quantitative estimate of drug-likeness (QED) is 0.519. The van der Waals surface area contributed by atoms with Gasteiger partial charge in [-0.1, -0.05) is 44.2 Å². The van der Waals surface area contributed by atoms with Crippen molar-refractivity contribution in [2.24, 2.45) is 5.92 Å². The second kappa shape index (κ2) is 9.87. The molecule has 26 heavy (non-hydrogen) atoms. The first-order valence-corrected chi connectivity index (χ1v) is 9.42. The Morgan fingerprint density at radius 2 is 2.00 bits per heavy atom. The highest BCUT2D eigenvalue weighted by Crippen LogP contribution is 2.15. The Kier molecular flexibility index (Phi) is 7.53. The number of ether oxygens (including phenoxy) is 1. The number of thiazole rings is 1. The number of methoxy groups -OCH3 is 1. The molecule has 0 atom stereocenters. The predicted octanol–water partition coefficient (Wildman–Crippen LogP) is 4.02. The Hall–Kier alpha value is -2.47. The standard InChI is InChI=1S/C20H24N2O3S/c1-15(2)11-12-22(13-18-21-17(14-26-18)20(24)25-3)19(23)10-9-16-7-5-4-6-8-16/h4-10,14-15H,11-13H2,1-3H3/b10-9+. The average Bonchev–Trinajstić information content (AvgIpc) is 3.11. The largest absolute Gasteiger partial charge is 0.464 e. The topological polar surface area (TPSA) is 59.5 Å². The Balaban J connectivity index is 2.09. The fraction of sp³-hybridized carbons (Fsp3) is 0.350. The molecule has 2 aromatic rings. The second-order valence-corrected chi connectivity index (χ2v) is 7.25. The molecule has 0 saturated carbocycles. The summed E-state index contributed by atoms with van der Waals surface area (Å²) in [5.74, 6) is -0.0359. The predicted molar refractivity (Wildman–Crippen MR) is 104 cm³/mol. The van der Waals surface area contributed by atoms with Gasteiger partial charge in [0.25, 0.3) is 0 Å². The van der Waals surface area contributed by atoms with Gasteiger partial charge in [0.15, 0.2) is 5.69 Å². The maximum absolute atomic E-state index is 12.7. The van der Waals surface area contributed by atoms with Crippen molar-refractivity contribution in [1.82, 2.24) is 9.88 Å². The Morgan fingerprint density at radius 1 is 1.27 bits per heavy atom. The van der Waals surface area contributed by atoms with Crippen LogP contribution >= 0.6 is 11.3 Å². The van der Waals surface area contributed by atoms with E-state index in [0.29, 0.717) is 19.0 Å². The van der Waals surface area contributed by atoms with Crippen LogP contribution in [0.3, 0.4) is 0 Å². The molecule has 0 bridgehead atoms. The normalized spacial score (nSPS) is 11.1. The summed E-state index contributed by atoms with van der Waals surface area (Å²) in [6.45, 7) is 5.28. The molecular weight excluding hydrogens is 348 g/mol. The number of rotatable bonds is 8. The number of aromatic nitrogens is 1. The van der Waals surface area contributed by atoms with E-state index in [0.717, 1.165) is 17.0 Å². The van der Waals surface area contributed by atoms with Crippen LogP contribution in [-0.4, -0.2) is 35.4 Å². The number of benzene rings is 1. The third-order valence-electron chi connectivity index (χ3n) is 3.78. The molecule has 6 heteroatoms. The fourth-order valence-electron chi connectivity index (χ4n) is 2.26. The smallest absolute Gasteiger partial charge is 0.357 e. The number of amides is 1. The zero-order valence-corrected chi connectivity index (χ0v) is 16.2. The molecule has 0 aliphatic carbocycles. The third-order valence-corrected chi connectivity index (χ3v) is 4.61. The highest BCUT2D eigenvalue weighted by molar-refractivity contribution is 7.09. The monoisotopic (exact) mass is 372 g/mol. The van der Waals surface area contributed by atoms with E-state index in [9.17, 15) is 9.59 Å². The van der Waals surface area contributed by atoms with Gasteiger partial charge in [-0.3, -0.25) is 4.79 Å². The van der Waals surface area contributed by atoms with Crippen LogP contribution in [0, 0.1) is 5.92 Å². The van der Waals surface area contributed by atoms with Gasteiger partial charge >= 0.3 is 5.97 Å². The van der Waals surface area contributed by atoms with E-state index in [4.69, 9.17) is 0 Å². The molecule has 5 nitrogen and oxygen atoms in total. The van der Waals surface area contributed by atoms with E-state index >= 15 is 0 Å². The van der Waals surface area contributed by atoms with Gasteiger partial charge in [0.1, 0.15) is 5.01 Å². The van der Waals surface area contributed by atoms with E-state index in [-0.39, 0.29) is 11.6 Å². The minimum atomic E-state index is -0.462. The summed E-state index contributed by atoms with van der Waals surface area (Å²) < 4.78 is 4.68. The summed E-state index contributed by atoms with van der Waals surface area (Å²) in [5.41, 5.74) is 1.26. The zero-order valence-electron chi connectivity index (χ0n) is 15.3. The summed E-state index contributed by atoms with van der Waals surface area (Å²) in [5, 5.41) is 2.38. The van der Waals surface area contributed by atoms with Crippen LogP contribution in [-0.2, 0) is 16.1 Å². The molecule has 0 fully saturated rings. The Labute approximate surface area is 158 Å². The molecular formula is C20H24N2O3S. The summed E-state index contributed by atoms with van der Waals surface area (Å²) in [6, 6.07) is 9.71. The van der Waals surface area contributed by atoms with Crippen molar-refractivity contribution in [3.05, 3.63) is 58.1 Å². The first-order chi connectivity index (χ1) is 12.5. The van der Waals surface area contributed by atoms with Crippen LogP contribution in [0.5, 0.6) is 0 Å². The Morgan fingerprint density at radius 3 is 2.65 bits per heavy atom. The van der Waals surface area contributed by atoms with E-state index in [1.54, 1.807) is 16.4 Å². The fourth-order valence-corrected chi connectivity index (χ4v) is 3.04. The van der Waals surface area contributed by atoms with Crippen molar-refractivity contribution in [2.75, 3.05) is 13.7 Å². The molecule has 1 heterocycles. The summed E-state index contributed by atoms with van der Waals surface area (Å²) in [6.07, 6.45) is 4.30. The first-order valence-electron chi connectivity index (χ1n) is 8.54. The molecule has 1 aromatic heterocycles. The van der Waals surface area contributed by atoms with Crippen molar-refractivity contribution in [2.45, 2.75) is 26.8 Å². The van der Waals surface area contributed by atoms with Gasteiger partial charge < -0.3 is 9.64 Å². The van der Waals surface area contributed by atoms with Crippen LogP contribution in [0.25, 0.3) is 6.08 Å². The van der Waals surface area contributed by atoms with Crippen molar-refractivity contribution in [3.8, 4) is 0 Å². The van der Waals surface area contributed by atoms with Crippen molar-refractivity contribution in [3.63, 3.8) is 0 Å². The van der Waals surface area contributed by atoms with Gasteiger partial charge in [0, 0.05) is 18.0 Å². The lowest BCUT2D eigenvalue weighted by atomic mass is 10.1. The number of hydrogen-bond donors (Lipinski definition) is 0. The summed E-state index contributed by atoms with van der Waals surface area (Å²) in [7, 11) is 1.33. The van der Waals surface area contributed by atoms with Crippen molar-refractivity contribution >= 4 is 29.3 Å². The summed E-state index contributed by atoms with van der Waals surface area (Å²) >= 11 is 1.36. The molecule has 0 N–H and O–H groups in total. The number of carbonyl (C=O) groups is 2. The third kappa shape index (κ3) is 6.11. The lowest BCUT2D eigenvalue weighted by molar-refractivity contribution is -0.126. The lowest BCUT2D eigenvalue weighted by Gasteiger charge is -2.21. The van der Waals surface area contributed by atoms with Crippen LogP contribution in [0.15, 0.2) is 41.8 Å². The maximum atomic E-state index is 12.7. The molecule has 138 valence electrons. The summed E-state index contributed by atoms with van der Waals surface area (Å²) in [4.78, 5) is 30.2.